The number of rotatable bonds is 2. The molecule has 0 aliphatic heterocycles. The third-order valence-corrected chi connectivity index (χ3v) is 2.27. The number of benzene rings is 1. The van der Waals surface area contributed by atoms with Crippen LogP contribution in [0.5, 0.6) is 0 Å². The van der Waals surface area contributed by atoms with E-state index in [1.165, 1.54) is 18.9 Å². The van der Waals surface area contributed by atoms with Crippen molar-refractivity contribution in [2.75, 3.05) is 11.1 Å². The summed E-state index contributed by atoms with van der Waals surface area (Å²) in [5.74, 6) is -0.237. The lowest BCUT2D eigenvalue weighted by Crippen LogP contribution is -2.05. The van der Waals surface area contributed by atoms with Crippen molar-refractivity contribution in [3.8, 4) is 0 Å². The number of aryl methyl sites for hydroxylation is 1. The van der Waals surface area contributed by atoms with Crippen molar-refractivity contribution in [2.45, 2.75) is 25.8 Å². The summed E-state index contributed by atoms with van der Waals surface area (Å²) in [4.78, 5) is 0. The maximum Gasteiger partial charge on any atom is 0.128 e. The van der Waals surface area contributed by atoms with E-state index in [2.05, 4.69) is 5.32 Å². The van der Waals surface area contributed by atoms with Gasteiger partial charge in [-0.15, -0.1) is 0 Å². The van der Waals surface area contributed by atoms with Crippen molar-refractivity contribution in [1.82, 2.24) is 0 Å². The molecule has 0 unspecified atom stereocenters. The monoisotopic (exact) mass is 180 g/mol. The Balaban J connectivity index is 2.27. The van der Waals surface area contributed by atoms with Gasteiger partial charge in [0.2, 0.25) is 0 Å². The van der Waals surface area contributed by atoms with Crippen LogP contribution >= 0.6 is 0 Å². The minimum absolute atomic E-state index is 0.237. The third-order valence-electron chi connectivity index (χ3n) is 2.27. The summed E-state index contributed by atoms with van der Waals surface area (Å²) < 4.78 is 13.0. The fourth-order valence-electron chi connectivity index (χ4n) is 1.27. The molecule has 1 aromatic rings. The fourth-order valence-corrected chi connectivity index (χ4v) is 1.27. The molecule has 3 heteroatoms. The molecule has 0 radical (unpaired) electrons. The zero-order valence-corrected chi connectivity index (χ0v) is 7.60. The highest BCUT2D eigenvalue weighted by molar-refractivity contribution is 5.67. The van der Waals surface area contributed by atoms with Gasteiger partial charge >= 0.3 is 0 Å². The molecule has 0 spiro atoms. The zero-order valence-electron chi connectivity index (χ0n) is 7.60. The Morgan fingerprint density at radius 2 is 2.15 bits per heavy atom. The van der Waals surface area contributed by atoms with Crippen molar-refractivity contribution in [1.29, 1.82) is 0 Å². The number of nitrogens with one attached hydrogen (secondary N) is 1. The molecule has 2 nitrogen and oxygen atoms in total. The number of hydrogen-bond donors (Lipinski definition) is 2. The molecule has 1 aliphatic carbocycles. The smallest absolute Gasteiger partial charge is 0.128 e. The van der Waals surface area contributed by atoms with Gasteiger partial charge < -0.3 is 11.1 Å². The lowest BCUT2D eigenvalue weighted by atomic mass is 10.2. The molecular weight excluding hydrogens is 167 g/mol. The van der Waals surface area contributed by atoms with Gasteiger partial charge in [-0.05, 0) is 37.5 Å². The Bertz CT molecular complexity index is 332. The number of anilines is 2. The zero-order chi connectivity index (χ0) is 9.42. The first-order valence-electron chi connectivity index (χ1n) is 4.49. The molecule has 0 amide bonds. The van der Waals surface area contributed by atoms with Gasteiger partial charge in [0.05, 0.1) is 11.4 Å². The predicted molar refractivity (Wildman–Crippen MR) is 52.2 cm³/mol. The Kier molecular flexibility index (Phi) is 1.87. The molecule has 0 aromatic heterocycles. The minimum Gasteiger partial charge on any atom is -0.397 e. The second kappa shape index (κ2) is 2.91. The Labute approximate surface area is 76.9 Å². The van der Waals surface area contributed by atoms with E-state index >= 15 is 0 Å². The molecule has 0 bridgehead atoms. The third kappa shape index (κ3) is 1.74. The van der Waals surface area contributed by atoms with Crippen LogP contribution in [0.1, 0.15) is 18.4 Å². The van der Waals surface area contributed by atoms with Crippen LogP contribution in [-0.2, 0) is 0 Å². The summed E-state index contributed by atoms with van der Waals surface area (Å²) in [5, 5.41) is 3.26. The highest BCUT2D eigenvalue weighted by Crippen LogP contribution is 2.29. The van der Waals surface area contributed by atoms with E-state index in [0.717, 1.165) is 5.69 Å². The fraction of sp³-hybridized carbons (Fsp3) is 0.400. The number of halogens is 1. The first-order chi connectivity index (χ1) is 6.16. The van der Waals surface area contributed by atoms with Gasteiger partial charge in [0, 0.05) is 6.04 Å². The maximum absolute atomic E-state index is 13.0. The van der Waals surface area contributed by atoms with E-state index in [-0.39, 0.29) is 5.82 Å². The van der Waals surface area contributed by atoms with Crippen molar-refractivity contribution in [3.63, 3.8) is 0 Å². The van der Waals surface area contributed by atoms with Crippen molar-refractivity contribution >= 4 is 11.4 Å². The van der Waals surface area contributed by atoms with E-state index < -0.39 is 0 Å². The average Bonchev–Trinajstić information content (AvgIpc) is 2.84. The van der Waals surface area contributed by atoms with Gasteiger partial charge in [0.25, 0.3) is 0 Å². The summed E-state index contributed by atoms with van der Waals surface area (Å²) in [5.41, 5.74) is 7.66. The van der Waals surface area contributed by atoms with Gasteiger partial charge in [-0.3, -0.25) is 0 Å². The molecule has 3 N–H and O–H groups in total. The summed E-state index contributed by atoms with van der Waals surface area (Å²) in [6, 6.07) is 3.69. The predicted octanol–water partition coefficient (Wildman–Crippen LogP) is 2.29. The molecule has 0 heterocycles. The molecule has 0 saturated heterocycles. The van der Waals surface area contributed by atoms with E-state index in [4.69, 9.17) is 5.73 Å². The van der Waals surface area contributed by atoms with Crippen LogP contribution < -0.4 is 11.1 Å². The summed E-state index contributed by atoms with van der Waals surface area (Å²) in [6.45, 7) is 1.74. The van der Waals surface area contributed by atoms with Gasteiger partial charge in [-0.2, -0.15) is 0 Å². The van der Waals surface area contributed by atoms with Crippen LogP contribution in [0, 0.1) is 12.7 Å². The molecule has 1 saturated carbocycles. The largest absolute Gasteiger partial charge is 0.397 e. The molecule has 2 rings (SSSR count). The molecule has 1 fully saturated rings. The van der Waals surface area contributed by atoms with E-state index in [0.29, 0.717) is 17.3 Å². The second-order valence-corrected chi connectivity index (χ2v) is 3.61. The van der Waals surface area contributed by atoms with Crippen molar-refractivity contribution in [2.24, 2.45) is 0 Å². The van der Waals surface area contributed by atoms with Gasteiger partial charge in [0.1, 0.15) is 5.82 Å². The highest BCUT2D eigenvalue weighted by Gasteiger charge is 2.21. The van der Waals surface area contributed by atoms with E-state index in [1.54, 1.807) is 13.0 Å². The Morgan fingerprint density at radius 3 is 2.77 bits per heavy atom. The normalized spacial score (nSPS) is 15.8. The lowest BCUT2D eigenvalue weighted by Gasteiger charge is -2.09. The molecule has 1 aliphatic rings. The van der Waals surface area contributed by atoms with Gasteiger partial charge in [-0.25, -0.2) is 4.39 Å². The molecule has 1 aromatic carbocycles. The summed E-state index contributed by atoms with van der Waals surface area (Å²) >= 11 is 0. The molecule has 13 heavy (non-hydrogen) atoms. The maximum atomic E-state index is 13.0. The summed E-state index contributed by atoms with van der Waals surface area (Å²) in [7, 11) is 0. The SMILES string of the molecule is Cc1cc(NC2CC2)c(N)cc1F. The van der Waals surface area contributed by atoms with Gasteiger partial charge in [0.15, 0.2) is 0 Å². The lowest BCUT2D eigenvalue weighted by molar-refractivity contribution is 0.619. The molecule has 70 valence electrons. The number of hydrogen-bond acceptors (Lipinski definition) is 2. The molecular formula is C10H13FN2. The Morgan fingerprint density at radius 1 is 1.46 bits per heavy atom. The highest BCUT2D eigenvalue weighted by atomic mass is 19.1. The van der Waals surface area contributed by atoms with Crippen LogP contribution in [0.25, 0.3) is 0 Å². The second-order valence-electron chi connectivity index (χ2n) is 3.61. The summed E-state index contributed by atoms with van der Waals surface area (Å²) in [6.07, 6.45) is 2.38. The first kappa shape index (κ1) is 8.35. The van der Waals surface area contributed by atoms with Crippen LogP contribution in [0.4, 0.5) is 15.8 Å². The quantitative estimate of drug-likeness (QED) is 0.685. The van der Waals surface area contributed by atoms with Crippen molar-refractivity contribution in [3.05, 3.63) is 23.5 Å². The van der Waals surface area contributed by atoms with Crippen LogP contribution in [-0.4, -0.2) is 6.04 Å². The average molecular weight is 180 g/mol. The van der Waals surface area contributed by atoms with E-state index in [9.17, 15) is 4.39 Å². The van der Waals surface area contributed by atoms with Crippen LogP contribution in [0.2, 0.25) is 0 Å². The van der Waals surface area contributed by atoms with Crippen molar-refractivity contribution < 1.29 is 4.39 Å². The first-order valence-corrected chi connectivity index (χ1v) is 4.49. The van der Waals surface area contributed by atoms with Crippen LogP contribution in [0.15, 0.2) is 12.1 Å². The van der Waals surface area contributed by atoms with E-state index in [1.807, 2.05) is 0 Å². The molecule has 0 atom stereocenters. The van der Waals surface area contributed by atoms with Gasteiger partial charge in [-0.1, -0.05) is 0 Å². The minimum atomic E-state index is -0.237. The number of nitrogens with two attached hydrogens (primary N) is 1. The van der Waals surface area contributed by atoms with Crippen LogP contribution in [0.3, 0.4) is 0 Å². The number of nitrogen functional groups attached to an aromatic ring is 1. The Hall–Kier alpha value is -1.25. The topological polar surface area (TPSA) is 38.0 Å². The standard InChI is InChI=1S/C10H13FN2/c1-6-4-10(13-7-2-3-7)9(12)5-8(6)11/h4-5,7,13H,2-3,12H2,1H3.